The van der Waals surface area contributed by atoms with E-state index in [0.29, 0.717) is 34.1 Å². The lowest BCUT2D eigenvalue weighted by molar-refractivity contribution is -0.119. The van der Waals surface area contributed by atoms with Gasteiger partial charge in [-0.05, 0) is 43.2 Å². The summed E-state index contributed by atoms with van der Waals surface area (Å²) in [5, 5.41) is 16.7. The SMILES string of the molecule is COc1ccc(-c2ccc3nnc(SCC(=O)NC4CCCCC4)n3n2)cc1OC. The molecule has 30 heavy (non-hydrogen) atoms. The zero-order valence-electron chi connectivity index (χ0n) is 17.1. The predicted molar refractivity (Wildman–Crippen MR) is 115 cm³/mol. The van der Waals surface area contributed by atoms with Gasteiger partial charge >= 0.3 is 0 Å². The van der Waals surface area contributed by atoms with Gasteiger partial charge in [0.1, 0.15) is 0 Å². The van der Waals surface area contributed by atoms with Crippen molar-refractivity contribution < 1.29 is 14.3 Å². The Morgan fingerprint density at radius 1 is 1.10 bits per heavy atom. The highest BCUT2D eigenvalue weighted by atomic mass is 32.2. The molecule has 1 amide bonds. The van der Waals surface area contributed by atoms with Gasteiger partial charge in [-0.1, -0.05) is 31.0 Å². The molecule has 2 heterocycles. The average molecular weight is 428 g/mol. The largest absolute Gasteiger partial charge is 0.493 e. The molecule has 4 rings (SSSR count). The third-order valence-electron chi connectivity index (χ3n) is 5.22. The second-order valence-electron chi connectivity index (χ2n) is 7.23. The van der Waals surface area contributed by atoms with E-state index >= 15 is 0 Å². The number of nitrogens with one attached hydrogen (secondary N) is 1. The molecule has 0 spiro atoms. The number of nitrogens with zero attached hydrogens (tertiary/aromatic N) is 4. The average Bonchev–Trinajstić information content (AvgIpc) is 3.20. The summed E-state index contributed by atoms with van der Waals surface area (Å²) in [4.78, 5) is 12.3. The van der Waals surface area contributed by atoms with Crippen LogP contribution in [0.3, 0.4) is 0 Å². The normalized spacial score (nSPS) is 14.6. The van der Waals surface area contributed by atoms with Crippen LogP contribution in [0.5, 0.6) is 11.5 Å². The maximum absolute atomic E-state index is 12.3. The molecule has 1 fully saturated rings. The summed E-state index contributed by atoms with van der Waals surface area (Å²) >= 11 is 1.34. The zero-order valence-corrected chi connectivity index (χ0v) is 17.9. The maximum Gasteiger partial charge on any atom is 0.230 e. The molecule has 0 unspecified atom stereocenters. The van der Waals surface area contributed by atoms with Gasteiger partial charge in [0.2, 0.25) is 11.1 Å². The molecular weight excluding hydrogens is 402 g/mol. The number of carbonyl (C=O) groups excluding carboxylic acids is 1. The lowest BCUT2D eigenvalue weighted by Crippen LogP contribution is -2.37. The van der Waals surface area contributed by atoms with Gasteiger partial charge in [-0.25, -0.2) is 0 Å². The molecule has 8 nitrogen and oxygen atoms in total. The molecular formula is C21H25N5O3S. The molecule has 3 aromatic rings. The maximum atomic E-state index is 12.3. The van der Waals surface area contributed by atoms with Crippen LogP contribution in [0.4, 0.5) is 0 Å². The van der Waals surface area contributed by atoms with Crippen LogP contribution in [0.2, 0.25) is 0 Å². The van der Waals surface area contributed by atoms with Gasteiger partial charge in [-0.2, -0.15) is 9.61 Å². The topological polar surface area (TPSA) is 90.6 Å². The van der Waals surface area contributed by atoms with Crippen molar-refractivity contribution in [1.29, 1.82) is 0 Å². The van der Waals surface area contributed by atoms with Crippen LogP contribution in [0.15, 0.2) is 35.5 Å². The smallest absolute Gasteiger partial charge is 0.230 e. The van der Waals surface area contributed by atoms with Crippen LogP contribution < -0.4 is 14.8 Å². The number of hydrogen-bond donors (Lipinski definition) is 1. The quantitative estimate of drug-likeness (QED) is 0.578. The number of thioether (sulfide) groups is 1. The van der Waals surface area contributed by atoms with Crippen LogP contribution in [0.25, 0.3) is 16.9 Å². The number of benzene rings is 1. The Hall–Kier alpha value is -2.81. The molecule has 0 radical (unpaired) electrons. The summed E-state index contributed by atoms with van der Waals surface area (Å²) in [6, 6.07) is 9.69. The zero-order chi connectivity index (χ0) is 20.9. The summed E-state index contributed by atoms with van der Waals surface area (Å²) in [5.41, 5.74) is 2.26. The van der Waals surface area contributed by atoms with Crippen molar-refractivity contribution in [2.75, 3.05) is 20.0 Å². The van der Waals surface area contributed by atoms with Crippen molar-refractivity contribution in [3.63, 3.8) is 0 Å². The van der Waals surface area contributed by atoms with Crippen LogP contribution in [-0.4, -0.2) is 51.7 Å². The van der Waals surface area contributed by atoms with Crippen molar-refractivity contribution >= 4 is 23.3 Å². The summed E-state index contributed by atoms with van der Waals surface area (Å²) in [6.45, 7) is 0. The van der Waals surface area contributed by atoms with Crippen LogP contribution in [0, 0.1) is 0 Å². The number of rotatable bonds is 7. The molecule has 1 aliphatic rings. The molecule has 1 N–H and O–H groups in total. The number of aromatic nitrogens is 4. The van der Waals surface area contributed by atoms with E-state index in [-0.39, 0.29) is 5.91 Å². The first-order chi connectivity index (χ1) is 14.7. The highest BCUT2D eigenvalue weighted by Gasteiger charge is 2.17. The summed E-state index contributed by atoms with van der Waals surface area (Å²) < 4.78 is 12.4. The van der Waals surface area contributed by atoms with Gasteiger partial charge in [-0.15, -0.1) is 10.2 Å². The minimum Gasteiger partial charge on any atom is -0.493 e. The molecule has 1 aliphatic carbocycles. The van der Waals surface area contributed by atoms with Crippen LogP contribution >= 0.6 is 11.8 Å². The van der Waals surface area contributed by atoms with E-state index in [0.717, 1.165) is 24.1 Å². The van der Waals surface area contributed by atoms with Gasteiger partial charge in [0.25, 0.3) is 0 Å². The van der Waals surface area contributed by atoms with Gasteiger partial charge < -0.3 is 14.8 Å². The third kappa shape index (κ3) is 4.51. The number of carbonyl (C=O) groups is 1. The number of amides is 1. The Morgan fingerprint density at radius 3 is 2.67 bits per heavy atom. The fourth-order valence-corrected chi connectivity index (χ4v) is 4.35. The first kappa shape index (κ1) is 20.5. The Labute approximate surface area is 179 Å². The number of methoxy groups -OCH3 is 2. The van der Waals surface area contributed by atoms with E-state index in [1.165, 1.54) is 31.0 Å². The molecule has 9 heteroatoms. The van der Waals surface area contributed by atoms with E-state index in [1.54, 1.807) is 18.7 Å². The Bertz CT molecular complexity index is 1030. The number of fused-ring (bicyclic) bond motifs is 1. The third-order valence-corrected chi connectivity index (χ3v) is 6.14. The van der Waals surface area contributed by atoms with E-state index < -0.39 is 0 Å². The van der Waals surface area contributed by atoms with Gasteiger partial charge in [-0.3, -0.25) is 4.79 Å². The first-order valence-corrected chi connectivity index (χ1v) is 11.0. The summed E-state index contributed by atoms with van der Waals surface area (Å²) in [7, 11) is 3.21. The minimum absolute atomic E-state index is 0.0275. The number of hydrogen-bond acceptors (Lipinski definition) is 7. The van der Waals surface area contributed by atoms with Crippen molar-refractivity contribution in [3.05, 3.63) is 30.3 Å². The lowest BCUT2D eigenvalue weighted by atomic mass is 9.95. The predicted octanol–water partition coefficient (Wildman–Crippen LogP) is 3.35. The van der Waals surface area contributed by atoms with Crippen LogP contribution in [-0.2, 0) is 4.79 Å². The molecule has 0 aliphatic heterocycles. The fraction of sp³-hybridized carbons (Fsp3) is 0.429. The summed E-state index contributed by atoms with van der Waals surface area (Å²) in [6.07, 6.45) is 5.79. The molecule has 0 saturated heterocycles. The molecule has 1 saturated carbocycles. The highest BCUT2D eigenvalue weighted by molar-refractivity contribution is 7.99. The molecule has 0 atom stereocenters. The molecule has 2 aromatic heterocycles. The van der Waals surface area contributed by atoms with Crippen LogP contribution in [0.1, 0.15) is 32.1 Å². The highest BCUT2D eigenvalue weighted by Crippen LogP contribution is 2.31. The van der Waals surface area contributed by atoms with E-state index in [2.05, 4.69) is 20.6 Å². The Kier molecular flexibility index (Phi) is 6.37. The monoisotopic (exact) mass is 427 g/mol. The van der Waals surface area contributed by atoms with Gasteiger partial charge in [0.15, 0.2) is 17.1 Å². The van der Waals surface area contributed by atoms with E-state index in [1.807, 2.05) is 30.3 Å². The van der Waals surface area contributed by atoms with E-state index in [4.69, 9.17) is 9.47 Å². The molecule has 158 valence electrons. The molecule has 0 bridgehead atoms. The Balaban J connectivity index is 1.49. The van der Waals surface area contributed by atoms with E-state index in [9.17, 15) is 4.79 Å². The van der Waals surface area contributed by atoms with Gasteiger partial charge in [0.05, 0.1) is 25.7 Å². The lowest BCUT2D eigenvalue weighted by Gasteiger charge is -2.22. The second kappa shape index (κ2) is 9.34. The first-order valence-electron chi connectivity index (χ1n) is 10.0. The second-order valence-corrected chi connectivity index (χ2v) is 8.17. The standard InChI is InChI=1S/C21H25N5O3S/c1-28-17-10-8-14(12-18(17)29-2)16-9-11-19-23-24-21(26(19)25-16)30-13-20(27)22-15-6-4-3-5-7-15/h8-12,15H,3-7,13H2,1-2H3,(H,22,27). The molecule has 1 aromatic carbocycles. The van der Waals surface area contributed by atoms with Crippen molar-refractivity contribution in [3.8, 4) is 22.8 Å². The number of ether oxygens (including phenoxy) is 2. The summed E-state index contributed by atoms with van der Waals surface area (Å²) in [5.74, 6) is 1.61. The van der Waals surface area contributed by atoms with Crippen molar-refractivity contribution in [2.24, 2.45) is 0 Å². The van der Waals surface area contributed by atoms with Gasteiger partial charge in [0, 0.05) is 11.6 Å². The minimum atomic E-state index is 0.0275. The fourth-order valence-electron chi connectivity index (χ4n) is 3.66. The Morgan fingerprint density at radius 2 is 1.90 bits per heavy atom. The van der Waals surface area contributed by atoms with Crippen molar-refractivity contribution in [1.82, 2.24) is 25.1 Å². The van der Waals surface area contributed by atoms with Crippen molar-refractivity contribution in [2.45, 2.75) is 43.3 Å².